The number of nitrogens with zero attached hydrogens (tertiary/aromatic N) is 1. The minimum atomic E-state index is -3.01. The van der Waals surface area contributed by atoms with Crippen LogP contribution in [0, 0.1) is 0 Å². The maximum Gasteiger partial charge on any atom is 0.321 e. The molecule has 1 aromatic heterocycles. The normalized spacial score (nSPS) is 20.0. The summed E-state index contributed by atoms with van der Waals surface area (Å²) < 4.78 is 28.8. The predicted octanol–water partition coefficient (Wildman–Crippen LogP) is 1.61. The third kappa shape index (κ3) is 3.30. The predicted molar refractivity (Wildman–Crippen MR) is 85.4 cm³/mol. The molecule has 1 atom stereocenters. The highest BCUT2D eigenvalue weighted by atomic mass is 32.2. The number of amides is 2. The summed E-state index contributed by atoms with van der Waals surface area (Å²) in [6, 6.07) is 4.69. The molecule has 1 fully saturated rings. The highest BCUT2D eigenvalue weighted by Crippen LogP contribution is 2.29. The lowest BCUT2D eigenvalue weighted by molar-refractivity contribution is 0.249. The molecule has 1 saturated heterocycles. The Hall–Kier alpha value is -1.87. The number of urea groups is 1. The fourth-order valence-electron chi connectivity index (χ4n) is 2.31. The van der Waals surface area contributed by atoms with E-state index in [9.17, 15) is 13.2 Å². The van der Waals surface area contributed by atoms with Gasteiger partial charge in [0.05, 0.1) is 28.8 Å². The summed E-state index contributed by atoms with van der Waals surface area (Å²) in [7, 11) is -1.42. The summed E-state index contributed by atoms with van der Waals surface area (Å²) in [6.07, 6.45) is 0.451. The van der Waals surface area contributed by atoms with E-state index in [1.54, 1.807) is 13.2 Å². The van der Waals surface area contributed by atoms with Crippen molar-refractivity contribution >= 4 is 42.6 Å². The van der Waals surface area contributed by atoms with Crippen molar-refractivity contribution in [1.29, 1.82) is 0 Å². The van der Waals surface area contributed by atoms with Crippen LogP contribution in [-0.4, -0.2) is 44.1 Å². The van der Waals surface area contributed by atoms with Gasteiger partial charge in [-0.25, -0.2) is 18.2 Å². The smallest absolute Gasteiger partial charge is 0.321 e. The zero-order valence-electron chi connectivity index (χ0n) is 11.8. The first kappa shape index (κ1) is 15.0. The van der Waals surface area contributed by atoms with E-state index >= 15 is 0 Å². The van der Waals surface area contributed by atoms with Gasteiger partial charge in [-0.3, -0.25) is 5.32 Å². The van der Waals surface area contributed by atoms with Crippen LogP contribution in [-0.2, 0) is 9.84 Å². The molecule has 0 bridgehead atoms. The lowest BCUT2D eigenvalue weighted by Crippen LogP contribution is -2.38. The van der Waals surface area contributed by atoms with Crippen molar-refractivity contribution < 1.29 is 17.9 Å². The second-order valence-electron chi connectivity index (χ2n) is 5.05. The Balaban J connectivity index is 1.66. The number of rotatable bonds is 3. The number of hydrogen-bond acceptors (Lipinski definition) is 6. The first-order valence-corrected chi connectivity index (χ1v) is 9.31. The molecule has 0 saturated carbocycles. The van der Waals surface area contributed by atoms with E-state index in [2.05, 4.69) is 15.6 Å². The van der Waals surface area contributed by atoms with Crippen LogP contribution in [0.15, 0.2) is 18.2 Å². The number of ether oxygens (including phenoxy) is 1. The SMILES string of the molecule is COc1ccc2nc(NC(=O)NC3CCS(=O)(=O)C3)sc2c1. The molecular weight excluding hydrogens is 326 g/mol. The third-order valence-electron chi connectivity index (χ3n) is 3.38. The lowest BCUT2D eigenvalue weighted by atomic mass is 10.3. The number of benzene rings is 1. The minimum absolute atomic E-state index is 0.00252. The summed E-state index contributed by atoms with van der Waals surface area (Å²) in [5.74, 6) is 0.847. The van der Waals surface area contributed by atoms with Crippen LogP contribution < -0.4 is 15.4 Å². The molecule has 2 amide bonds. The van der Waals surface area contributed by atoms with E-state index in [4.69, 9.17) is 4.74 Å². The molecule has 7 nitrogen and oxygen atoms in total. The Kier molecular flexibility index (Phi) is 3.92. The summed E-state index contributed by atoms with van der Waals surface area (Å²) in [5, 5.41) is 5.77. The lowest BCUT2D eigenvalue weighted by Gasteiger charge is -2.10. The Morgan fingerprint density at radius 1 is 1.45 bits per heavy atom. The van der Waals surface area contributed by atoms with Crippen molar-refractivity contribution in [1.82, 2.24) is 10.3 Å². The average Bonchev–Trinajstić information content (AvgIpc) is 2.99. The zero-order chi connectivity index (χ0) is 15.7. The maximum atomic E-state index is 11.9. The zero-order valence-corrected chi connectivity index (χ0v) is 13.5. The van der Waals surface area contributed by atoms with E-state index in [0.717, 1.165) is 16.0 Å². The van der Waals surface area contributed by atoms with Crippen LogP contribution in [0.5, 0.6) is 5.75 Å². The standard InChI is InChI=1S/C13H15N3O4S2/c1-20-9-2-3-10-11(6-9)21-13(15-10)16-12(17)14-8-4-5-22(18,19)7-8/h2-3,6,8H,4-5,7H2,1H3,(H2,14,15,16,17). The molecule has 118 valence electrons. The molecule has 1 unspecified atom stereocenters. The minimum Gasteiger partial charge on any atom is -0.497 e. The number of carbonyl (C=O) groups is 1. The van der Waals surface area contributed by atoms with Gasteiger partial charge in [0.2, 0.25) is 0 Å². The first-order valence-electron chi connectivity index (χ1n) is 6.68. The topological polar surface area (TPSA) is 97.4 Å². The average molecular weight is 341 g/mol. The van der Waals surface area contributed by atoms with Gasteiger partial charge in [0, 0.05) is 6.04 Å². The number of fused-ring (bicyclic) bond motifs is 1. The molecular formula is C13H15N3O4S2. The number of carbonyl (C=O) groups excluding carboxylic acids is 1. The first-order chi connectivity index (χ1) is 10.4. The van der Waals surface area contributed by atoms with E-state index in [1.807, 2.05) is 12.1 Å². The quantitative estimate of drug-likeness (QED) is 0.884. The van der Waals surface area contributed by atoms with Crippen LogP contribution in [0.3, 0.4) is 0 Å². The van der Waals surface area contributed by atoms with Crippen LogP contribution in [0.4, 0.5) is 9.93 Å². The molecule has 9 heteroatoms. The van der Waals surface area contributed by atoms with Gasteiger partial charge < -0.3 is 10.1 Å². The van der Waals surface area contributed by atoms with Gasteiger partial charge in [0.15, 0.2) is 15.0 Å². The summed E-state index contributed by atoms with van der Waals surface area (Å²) in [4.78, 5) is 16.2. The van der Waals surface area contributed by atoms with Gasteiger partial charge in [0.1, 0.15) is 5.75 Å². The summed E-state index contributed by atoms with van der Waals surface area (Å²) in [6.45, 7) is 0. The Bertz CT molecular complexity index is 816. The van der Waals surface area contributed by atoms with Gasteiger partial charge >= 0.3 is 6.03 Å². The molecule has 0 radical (unpaired) electrons. The van der Waals surface area contributed by atoms with Crippen molar-refractivity contribution in [3.8, 4) is 5.75 Å². The third-order valence-corrected chi connectivity index (χ3v) is 6.09. The van der Waals surface area contributed by atoms with Crippen molar-refractivity contribution in [2.45, 2.75) is 12.5 Å². The van der Waals surface area contributed by atoms with E-state index in [1.165, 1.54) is 11.3 Å². The second kappa shape index (κ2) is 5.73. The van der Waals surface area contributed by atoms with Crippen molar-refractivity contribution in [2.24, 2.45) is 0 Å². The van der Waals surface area contributed by atoms with E-state index in [-0.39, 0.29) is 17.5 Å². The van der Waals surface area contributed by atoms with Crippen molar-refractivity contribution in [2.75, 3.05) is 23.9 Å². The second-order valence-corrected chi connectivity index (χ2v) is 8.31. The molecule has 1 aromatic carbocycles. The van der Waals surface area contributed by atoms with Gasteiger partial charge in [-0.15, -0.1) is 0 Å². The largest absolute Gasteiger partial charge is 0.497 e. The number of nitrogens with one attached hydrogen (secondary N) is 2. The van der Waals surface area contributed by atoms with Crippen molar-refractivity contribution in [3.05, 3.63) is 18.2 Å². The van der Waals surface area contributed by atoms with Gasteiger partial charge in [-0.05, 0) is 24.6 Å². The summed E-state index contributed by atoms with van der Waals surface area (Å²) >= 11 is 1.33. The number of anilines is 1. The van der Waals surface area contributed by atoms with E-state index in [0.29, 0.717) is 11.6 Å². The van der Waals surface area contributed by atoms with Crippen LogP contribution in [0.1, 0.15) is 6.42 Å². The molecule has 0 aliphatic carbocycles. The molecule has 1 aliphatic heterocycles. The molecule has 22 heavy (non-hydrogen) atoms. The Labute approximate surface area is 131 Å². The number of methoxy groups -OCH3 is 1. The Morgan fingerprint density at radius 3 is 2.95 bits per heavy atom. The Morgan fingerprint density at radius 2 is 2.27 bits per heavy atom. The van der Waals surface area contributed by atoms with E-state index < -0.39 is 15.9 Å². The van der Waals surface area contributed by atoms with Crippen LogP contribution in [0.2, 0.25) is 0 Å². The van der Waals surface area contributed by atoms with Gasteiger partial charge in [-0.1, -0.05) is 11.3 Å². The van der Waals surface area contributed by atoms with Crippen LogP contribution >= 0.6 is 11.3 Å². The monoisotopic (exact) mass is 341 g/mol. The number of aromatic nitrogens is 1. The maximum absolute atomic E-state index is 11.9. The van der Waals surface area contributed by atoms with Crippen molar-refractivity contribution in [3.63, 3.8) is 0 Å². The molecule has 3 rings (SSSR count). The molecule has 0 spiro atoms. The molecule has 2 aromatic rings. The fraction of sp³-hybridized carbons (Fsp3) is 0.385. The molecule has 2 heterocycles. The molecule has 2 N–H and O–H groups in total. The van der Waals surface area contributed by atoms with Gasteiger partial charge in [0.25, 0.3) is 0 Å². The van der Waals surface area contributed by atoms with Gasteiger partial charge in [-0.2, -0.15) is 0 Å². The number of hydrogen-bond donors (Lipinski definition) is 2. The summed E-state index contributed by atoms with van der Waals surface area (Å²) in [5.41, 5.74) is 0.768. The number of sulfone groups is 1. The molecule has 1 aliphatic rings. The highest BCUT2D eigenvalue weighted by Gasteiger charge is 2.29. The highest BCUT2D eigenvalue weighted by molar-refractivity contribution is 7.91. The van der Waals surface area contributed by atoms with Crippen LogP contribution in [0.25, 0.3) is 10.2 Å². The fourth-order valence-corrected chi connectivity index (χ4v) is 4.88. The number of thiazole rings is 1.